The van der Waals surface area contributed by atoms with Crippen LogP contribution in [0, 0.1) is 0 Å². The molecular weight excluding hydrogens is 222 g/mol. The highest BCUT2D eigenvalue weighted by Crippen LogP contribution is 2.21. The molecule has 3 aromatic rings. The third-order valence-corrected chi connectivity index (χ3v) is 2.73. The quantitative estimate of drug-likeness (QED) is 0.682. The molecule has 18 heavy (non-hydrogen) atoms. The Kier molecular flexibility index (Phi) is 2.80. The Hall–Kier alpha value is -2.55. The zero-order valence-corrected chi connectivity index (χ0v) is 9.69. The molecule has 3 heterocycles. The smallest absolute Gasteiger partial charge is 0.0717 e. The highest BCUT2D eigenvalue weighted by atomic mass is 14.7. The zero-order valence-electron chi connectivity index (χ0n) is 9.69. The van der Waals surface area contributed by atoms with Crippen LogP contribution in [0.2, 0.25) is 0 Å². The van der Waals surface area contributed by atoms with Crippen LogP contribution >= 0.6 is 0 Å². The van der Waals surface area contributed by atoms with Gasteiger partial charge in [-0.3, -0.25) is 15.0 Å². The van der Waals surface area contributed by atoms with Crippen molar-refractivity contribution in [3.8, 4) is 22.4 Å². The molecular formula is C15H11N3. The lowest BCUT2D eigenvalue weighted by Gasteiger charge is -2.03. The van der Waals surface area contributed by atoms with Crippen molar-refractivity contribution in [2.75, 3.05) is 0 Å². The van der Waals surface area contributed by atoms with Gasteiger partial charge in [0.25, 0.3) is 0 Å². The van der Waals surface area contributed by atoms with Crippen LogP contribution in [0.5, 0.6) is 0 Å². The third kappa shape index (κ3) is 2.11. The summed E-state index contributed by atoms with van der Waals surface area (Å²) in [4.78, 5) is 12.6. The molecule has 0 atom stereocenters. The monoisotopic (exact) mass is 233 g/mol. The molecule has 3 nitrogen and oxygen atoms in total. The molecule has 0 aliphatic heterocycles. The summed E-state index contributed by atoms with van der Waals surface area (Å²) in [5.41, 5.74) is 4.17. The van der Waals surface area contributed by atoms with E-state index in [9.17, 15) is 0 Å². The van der Waals surface area contributed by atoms with Gasteiger partial charge in [0.2, 0.25) is 0 Å². The summed E-state index contributed by atoms with van der Waals surface area (Å²) in [5.74, 6) is 0. The average Bonchev–Trinajstić information content (AvgIpc) is 2.49. The van der Waals surface area contributed by atoms with Crippen molar-refractivity contribution in [3.05, 3.63) is 67.4 Å². The first-order valence-corrected chi connectivity index (χ1v) is 5.70. The van der Waals surface area contributed by atoms with E-state index in [2.05, 4.69) is 21.0 Å². The van der Waals surface area contributed by atoms with E-state index < -0.39 is 0 Å². The topological polar surface area (TPSA) is 38.7 Å². The molecule has 3 rings (SSSR count). The summed E-state index contributed by atoms with van der Waals surface area (Å²) in [6, 6.07) is 11.9. The van der Waals surface area contributed by atoms with Gasteiger partial charge in [0.05, 0.1) is 5.69 Å². The molecule has 0 aliphatic rings. The van der Waals surface area contributed by atoms with E-state index in [-0.39, 0.29) is 0 Å². The minimum absolute atomic E-state index is 0.931. The largest absolute Gasteiger partial charge is 0.265 e. The Labute approximate surface area is 105 Å². The summed E-state index contributed by atoms with van der Waals surface area (Å²) in [6.45, 7) is 0. The molecule has 0 amide bonds. The predicted octanol–water partition coefficient (Wildman–Crippen LogP) is 3.21. The van der Waals surface area contributed by atoms with E-state index in [1.54, 1.807) is 18.6 Å². The Bertz CT molecular complexity index is 560. The normalized spacial score (nSPS) is 10.2. The molecule has 3 aromatic heterocycles. The molecule has 3 heteroatoms. The Morgan fingerprint density at radius 2 is 1.50 bits per heavy atom. The van der Waals surface area contributed by atoms with Crippen molar-refractivity contribution in [2.24, 2.45) is 0 Å². The van der Waals surface area contributed by atoms with Crippen LogP contribution in [0.1, 0.15) is 0 Å². The fourth-order valence-electron chi connectivity index (χ4n) is 1.79. The number of hydrogen-bond acceptors (Lipinski definition) is 3. The van der Waals surface area contributed by atoms with Crippen molar-refractivity contribution in [3.63, 3.8) is 0 Å². The van der Waals surface area contributed by atoms with Gasteiger partial charge in [-0.05, 0) is 35.9 Å². The lowest BCUT2D eigenvalue weighted by molar-refractivity contribution is 1.27. The van der Waals surface area contributed by atoms with Crippen molar-refractivity contribution < 1.29 is 0 Å². The zero-order chi connectivity index (χ0) is 12.2. The van der Waals surface area contributed by atoms with Gasteiger partial charge in [0, 0.05) is 42.1 Å². The fourth-order valence-corrected chi connectivity index (χ4v) is 1.79. The Morgan fingerprint density at radius 1 is 0.611 bits per heavy atom. The van der Waals surface area contributed by atoms with Gasteiger partial charge < -0.3 is 0 Å². The predicted molar refractivity (Wildman–Crippen MR) is 70.7 cm³/mol. The van der Waals surface area contributed by atoms with Crippen LogP contribution < -0.4 is 0 Å². The van der Waals surface area contributed by atoms with Crippen LogP contribution in [-0.2, 0) is 0 Å². The number of pyridine rings is 3. The Balaban J connectivity index is 1.95. The molecule has 0 saturated heterocycles. The van der Waals surface area contributed by atoms with Crippen molar-refractivity contribution in [2.45, 2.75) is 0 Å². The summed E-state index contributed by atoms with van der Waals surface area (Å²) in [6.07, 6.45) is 9.01. The molecule has 86 valence electrons. The maximum atomic E-state index is 4.46. The highest BCUT2D eigenvalue weighted by molar-refractivity contribution is 5.65. The first-order chi connectivity index (χ1) is 8.93. The molecule has 0 radical (unpaired) electrons. The van der Waals surface area contributed by atoms with E-state index >= 15 is 0 Å². The Morgan fingerprint density at radius 3 is 2.17 bits per heavy atom. The average molecular weight is 233 g/mol. The van der Waals surface area contributed by atoms with Gasteiger partial charge >= 0.3 is 0 Å². The fraction of sp³-hybridized carbons (Fsp3) is 0. The second-order valence-corrected chi connectivity index (χ2v) is 3.91. The van der Waals surface area contributed by atoms with Gasteiger partial charge in [-0.15, -0.1) is 0 Å². The molecule has 0 saturated carbocycles. The van der Waals surface area contributed by atoms with Crippen molar-refractivity contribution in [1.29, 1.82) is 0 Å². The van der Waals surface area contributed by atoms with Gasteiger partial charge in [-0.25, -0.2) is 0 Å². The molecule has 0 spiro atoms. The summed E-state index contributed by atoms with van der Waals surface area (Å²) in [5, 5.41) is 0. The molecule has 0 aromatic carbocycles. The van der Waals surface area contributed by atoms with Gasteiger partial charge in [0.15, 0.2) is 0 Å². The molecule has 0 N–H and O–H groups in total. The highest BCUT2D eigenvalue weighted by Gasteiger charge is 2.00. The van der Waals surface area contributed by atoms with Crippen LogP contribution in [0.4, 0.5) is 0 Å². The SMILES string of the molecule is c1cncc(-c2ccc(-c3ccncc3)cn2)c1. The maximum absolute atomic E-state index is 4.46. The molecule has 0 bridgehead atoms. The van der Waals surface area contributed by atoms with Crippen molar-refractivity contribution in [1.82, 2.24) is 15.0 Å². The second kappa shape index (κ2) is 4.75. The number of rotatable bonds is 2. The molecule has 0 unspecified atom stereocenters. The minimum atomic E-state index is 0.931. The number of aromatic nitrogens is 3. The van der Waals surface area contributed by atoms with Crippen LogP contribution in [0.3, 0.4) is 0 Å². The van der Waals surface area contributed by atoms with E-state index in [1.165, 1.54) is 0 Å². The summed E-state index contributed by atoms with van der Waals surface area (Å²) >= 11 is 0. The lowest BCUT2D eigenvalue weighted by Crippen LogP contribution is -1.85. The first kappa shape index (κ1) is 10.6. The molecule has 0 aliphatic carbocycles. The maximum Gasteiger partial charge on any atom is 0.0717 e. The van der Waals surface area contributed by atoms with Gasteiger partial charge in [0.1, 0.15) is 0 Å². The van der Waals surface area contributed by atoms with E-state index in [1.807, 2.05) is 42.7 Å². The first-order valence-electron chi connectivity index (χ1n) is 5.70. The lowest BCUT2D eigenvalue weighted by atomic mass is 10.1. The van der Waals surface area contributed by atoms with Gasteiger partial charge in [-0.2, -0.15) is 0 Å². The summed E-state index contributed by atoms with van der Waals surface area (Å²) < 4.78 is 0. The minimum Gasteiger partial charge on any atom is -0.265 e. The standard InChI is InChI=1S/C15H11N3/c1-2-14(10-17-7-1)15-4-3-13(11-18-15)12-5-8-16-9-6-12/h1-11H. The number of nitrogens with zero attached hydrogens (tertiary/aromatic N) is 3. The van der Waals surface area contributed by atoms with Crippen LogP contribution in [-0.4, -0.2) is 15.0 Å². The van der Waals surface area contributed by atoms with E-state index in [4.69, 9.17) is 0 Å². The van der Waals surface area contributed by atoms with E-state index in [0.29, 0.717) is 0 Å². The van der Waals surface area contributed by atoms with Crippen LogP contribution in [0.15, 0.2) is 67.4 Å². The van der Waals surface area contributed by atoms with Crippen molar-refractivity contribution >= 4 is 0 Å². The second-order valence-electron chi connectivity index (χ2n) is 3.91. The van der Waals surface area contributed by atoms with Gasteiger partial charge in [-0.1, -0.05) is 6.07 Å². The number of hydrogen-bond donors (Lipinski definition) is 0. The van der Waals surface area contributed by atoms with E-state index in [0.717, 1.165) is 22.4 Å². The summed E-state index contributed by atoms with van der Waals surface area (Å²) in [7, 11) is 0. The third-order valence-electron chi connectivity index (χ3n) is 2.73. The molecule has 0 fully saturated rings. The van der Waals surface area contributed by atoms with Crippen LogP contribution in [0.25, 0.3) is 22.4 Å².